The van der Waals surface area contributed by atoms with E-state index in [4.69, 9.17) is 11.5 Å². The second-order valence-corrected chi connectivity index (χ2v) is 3.00. The van der Waals surface area contributed by atoms with Gasteiger partial charge in [0.1, 0.15) is 0 Å². The van der Waals surface area contributed by atoms with Gasteiger partial charge in [-0.1, -0.05) is 0 Å². The number of rotatable bonds is 6. The van der Waals surface area contributed by atoms with Gasteiger partial charge in [0.2, 0.25) is 0 Å². The molecule has 2 unspecified atom stereocenters. The molecule has 0 bridgehead atoms. The van der Waals surface area contributed by atoms with Crippen LogP contribution in [0.5, 0.6) is 0 Å². The molecule has 0 aromatic heterocycles. The minimum absolute atomic E-state index is 0. The van der Waals surface area contributed by atoms with Crippen LogP contribution in [0.4, 0.5) is 0 Å². The van der Waals surface area contributed by atoms with Gasteiger partial charge in [0.25, 0.3) is 0 Å². The number of hydrogen-bond acceptors (Lipinski definition) is 10. The summed E-state index contributed by atoms with van der Waals surface area (Å²) in [4.78, 5) is 38.7. The maximum Gasteiger partial charge on any atom is 2.00 e. The number of carbonyl (C=O) groups is 4. The average Bonchev–Trinajstić information content (AvgIpc) is 2.16. The van der Waals surface area contributed by atoms with E-state index in [1.165, 1.54) is 0 Å². The van der Waals surface area contributed by atoms with Crippen LogP contribution < -0.4 is 31.9 Å². The average molecular weight is 320 g/mol. The summed E-state index contributed by atoms with van der Waals surface area (Å²) in [5, 5.41) is 38.7. The van der Waals surface area contributed by atoms with Crippen LogP contribution in [0.1, 0.15) is 15.7 Å². The van der Waals surface area contributed by atoms with E-state index in [0.717, 1.165) is 0 Å². The van der Waals surface area contributed by atoms with Crippen molar-refractivity contribution in [2.75, 3.05) is 0 Å². The SMILES string of the molecule is NC(CC(=O)[O-])C(=O)[O-].NC(CC(=O)[O-])C(=O)[O-].[Fe+2].[H+].[H+]. The van der Waals surface area contributed by atoms with E-state index in [9.17, 15) is 39.6 Å². The maximum absolute atomic E-state index is 9.71. The summed E-state index contributed by atoms with van der Waals surface area (Å²) in [6.45, 7) is 0. The fourth-order valence-corrected chi connectivity index (χ4v) is 0.526. The Labute approximate surface area is 120 Å². The van der Waals surface area contributed by atoms with Crippen LogP contribution in [-0.2, 0) is 36.2 Å². The maximum atomic E-state index is 9.71. The molecule has 0 saturated heterocycles. The molecular formula is C8H12FeN2O8. The molecule has 0 amide bonds. The smallest absolute Gasteiger partial charge is 0.550 e. The van der Waals surface area contributed by atoms with E-state index >= 15 is 0 Å². The van der Waals surface area contributed by atoms with E-state index in [2.05, 4.69) is 0 Å². The zero-order valence-electron chi connectivity index (χ0n) is 11.3. The molecule has 0 aliphatic heterocycles. The van der Waals surface area contributed by atoms with Gasteiger partial charge in [0.05, 0.1) is 11.9 Å². The van der Waals surface area contributed by atoms with Gasteiger partial charge in [-0.25, -0.2) is 0 Å². The van der Waals surface area contributed by atoms with Crippen LogP contribution in [0.25, 0.3) is 0 Å². The Balaban J connectivity index is -0.0000000711. The van der Waals surface area contributed by atoms with Gasteiger partial charge in [-0.05, 0) is 0 Å². The summed E-state index contributed by atoms with van der Waals surface area (Å²) in [7, 11) is 0. The first-order chi connectivity index (χ1) is 8.07. The van der Waals surface area contributed by atoms with Crippen molar-refractivity contribution in [2.24, 2.45) is 11.5 Å². The topological polar surface area (TPSA) is 213 Å². The van der Waals surface area contributed by atoms with Crippen molar-refractivity contribution in [1.29, 1.82) is 0 Å². The van der Waals surface area contributed by atoms with Gasteiger partial charge in [-0.2, -0.15) is 0 Å². The first kappa shape index (κ1) is 22.5. The predicted molar refractivity (Wildman–Crippen MR) is 47.4 cm³/mol. The second kappa shape index (κ2) is 11.4. The van der Waals surface area contributed by atoms with Crippen molar-refractivity contribution >= 4 is 23.9 Å². The molecule has 11 heteroatoms. The van der Waals surface area contributed by atoms with Crippen LogP contribution in [-0.4, -0.2) is 36.0 Å². The molecule has 0 saturated carbocycles. The second-order valence-electron chi connectivity index (χ2n) is 3.00. The Bertz CT molecular complexity index is 312. The number of carbonyl (C=O) groups excluding carboxylic acids is 4. The Morgan fingerprint density at radius 2 is 1.00 bits per heavy atom. The predicted octanol–water partition coefficient (Wildman–Crippen LogP) is -7.37. The number of carboxylic acid groups (broad SMARTS) is 4. The van der Waals surface area contributed by atoms with Crippen molar-refractivity contribution < 1.29 is 59.5 Å². The van der Waals surface area contributed by atoms with Gasteiger partial charge < -0.3 is 51.1 Å². The van der Waals surface area contributed by atoms with Crippen LogP contribution in [0, 0.1) is 0 Å². The van der Waals surface area contributed by atoms with Crippen LogP contribution in [0.2, 0.25) is 0 Å². The first-order valence-electron chi connectivity index (χ1n) is 4.40. The molecule has 0 spiro atoms. The molecule has 10 nitrogen and oxygen atoms in total. The van der Waals surface area contributed by atoms with Crippen molar-refractivity contribution in [1.82, 2.24) is 0 Å². The van der Waals surface area contributed by atoms with Gasteiger partial charge in [-0.15, -0.1) is 0 Å². The number of hydrogen-bond donors (Lipinski definition) is 2. The van der Waals surface area contributed by atoms with E-state index < -0.39 is 48.8 Å². The first-order valence-corrected chi connectivity index (χ1v) is 4.40. The summed E-state index contributed by atoms with van der Waals surface area (Å²) < 4.78 is 0. The third-order valence-electron chi connectivity index (χ3n) is 1.38. The summed E-state index contributed by atoms with van der Waals surface area (Å²) in [6, 6.07) is -2.93. The third-order valence-corrected chi connectivity index (χ3v) is 1.38. The molecule has 110 valence electrons. The molecule has 4 N–H and O–H groups in total. The fraction of sp³-hybridized carbons (Fsp3) is 0.500. The van der Waals surface area contributed by atoms with E-state index in [1.807, 2.05) is 0 Å². The Morgan fingerprint density at radius 1 is 0.789 bits per heavy atom. The van der Waals surface area contributed by atoms with Crippen LogP contribution in [0.15, 0.2) is 0 Å². The van der Waals surface area contributed by atoms with E-state index in [1.54, 1.807) is 0 Å². The molecule has 0 fully saturated rings. The number of aliphatic carboxylic acids is 4. The molecule has 2 atom stereocenters. The van der Waals surface area contributed by atoms with E-state index in [-0.39, 0.29) is 19.9 Å². The summed E-state index contributed by atoms with van der Waals surface area (Å²) >= 11 is 0. The Hall–Kier alpha value is -1.68. The minimum atomic E-state index is -1.58. The minimum Gasteiger partial charge on any atom is -0.550 e. The zero-order valence-corrected chi connectivity index (χ0v) is 10.4. The standard InChI is InChI=1S/2C4H7NO4.Fe/c2*5-2(4(8)9)1-3(6)7;/h2*2H,1,5H2,(H,6,7)(H,8,9);/q;;+2/p-2. The fourth-order valence-electron chi connectivity index (χ4n) is 0.526. The van der Waals surface area contributed by atoms with Gasteiger partial charge in [-0.3, -0.25) is 0 Å². The van der Waals surface area contributed by atoms with Gasteiger partial charge in [0.15, 0.2) is 0 Å². The summed E-state index contributed by atoms with van der Waals surface area (Å²) in [6.07, 6.45) is -1.41. The quantitative estimate of drug-likeness (QED) is 0.441. The summed E-state index contributed by atoms with van der Waals surface area (Å²) in [5.74, 6) is -6.16. The van der Waals surface area contributed by atoms with Crippen molar-refractivity contribution in [3.05, 3.63) is 0 Å². The van der Waals surface area contributed by atoms with Crippen LogP contribution >= 0.6 is 0 Å². The molecule has 0 heterocycles. The Kier molecular flexibility index (Phi) is 13.5. The van der Waals surface area contributed by atoms with Crippen molar-refractivity contribution in [2.45, 2.75) is 24.9 Å². The zero-order chi connectivity index (χ0) is 14.9. The number of nitrogens with two attached hydrogens (primary N) is 2. The molecular weight excluding hydrogens is 308 g/mol. The van der Waals surface area contributed by atoms with Crippen molar-refractivity contribution in [3.8, 4) is 0 Å². The van der Waals surface area contributed by atoms with E-state index in [0.29, 0.717) is 0 Å². The molecule has 0 aromatic rings. The molecule has 0 aromatic carbocycles. The van der Waals surface area contributed by atoms with Crippen molar-refractivity contribution in [3.63, 3.8) is 0 Å². The molecule has 0 aliphatic rings. The van der Waals surface area contributed by atoms with Gasteiger partial charge >= 0.3 is 19.9 Å². The monoisotopic (exact) mass is 320 g/mol. The number of carboxylic acids is 4. The van der Waals surface area contributed by atoms with Gasteiger partial charge in [0, 0.05) is 36.9 Å². The molecule has 0 aliphatic carbocycles. The largest absolute Gasteiger partial charge is 2.00 e. The molecule has 19 heavy (non-hydrogen) atoms. The molecule has 0 rings (SSSR count). The molecule has 0 radical (unpaired) electrons. The normalized spacial score (nSPS) is 11.9. The van der Waals surface area contributed by atoms with Crippen LogP contribution in [0.3, 0.4) is 0 Å². The Morgan fingerprint density at radius 3 is 1.05 bits per heavy atom. The third kappa shape index (κ3) is 16.3. The summed E-state index contributed by atoms with van der Waals surface area (Å²) in [5.41, 5.74) is 9.47.